The Bertz CT molecular complexity index is 475. The largest absolute Gasteiger partial charge is 0.350 e. The third-order valence-electron chi connectivity index (χ3n) is 2.82. The summed E-state index contributed by atoms with van der Waals surface area (Å²) in [6.07, 6.45) is 0. The van der Waals surface area contributed by atoms with Crippen molar-refractivity contribution in [3.8, 4) is 0 Å². The van der Waals surface area contributed by atoms with E-state index in [-0.39, 0.29) is 11.8 Å². The third kappa shape index (κ3) is 5.21. The second kappa shape index (κ2) is 7.90. The van der Waals surface area contributed by atoms with Crippen LogP contribution in [0, 0.1) is 5.92 Å². The molecule has 0 fully saturated rings. The molecule has 1 rings (SSSR count). The molecular weight excluding hydrogens is 276 g/mol. The minimum absolute atomic E-state index is 0.0192. The molecule has 0 bridgehead atoms. The lowest BCUT2D eigenvalue weighted by atomic mass is 10.2. The zero-order valence-corrected chi connectivity index (χ0v) is 12.9. The third-order valence-corrected chi connectivity index (χ3v) is 3.15. The van der Waals surface area contributed by atoms with Gasteiger partial charge >= 0.3 is 0 Å². The Kier molecular flexibility index (Phi) is 6.52. The highest BCUT2D eigenvalue weighted by molar-refractivity contribution is 6.33. The lowest BCUT2D eigenvalue weighted by molar-refractivity contribution is -0.129. The van der Waals surface area contributed by atoms with Crippen molar-refractivity contribution in [2.24, 2.45) is 5.92 Å². The molecule has 1 aromatic carbocycles. The van der Waals surface area contributed by atoms with Crippen LogP contribution < -0.4 is 5.32 Å². The van der Waals surface area contributed by atoms with Crippen LogP contribution in [0.2, 0.25) is 5.02 Å². The summed E-state index contributed by atoms with van der Waals surface area (Å²) in [7, 11) is 0. The summed E-state index contributed by atoms with van der Waals surface area (Å²) in [6, 6.07) is 6.90. The van der Waals surface area contributed by atoms with Gasteiger partial charge in [-0.1, -0.05) is 37.6 Å². The number of hydrogen-bond donors (Lipinski definition) is 1. The van der Waals surface area contributed by atoms with Crippen molar-refractivity contribution >= 4 is 23.4 Å². The number of rotatable bonds is 6. The smallest absolute Gasteiger partial charge is 0.252 e. The summed E-state index contributed by atoms with van der Waals surface area (Å²) in [6.45, 7) is 7.26. The van der Waals surface area contributed by atoms with Gasteiger partial charge in [-0.15, -0.1) is 0 Å². The van der Waals surface area contributed by atoms with Crippen LogP contribution in [-0.2, 0) is 4.79 Å². The average Bonchev–Trinajstić information content (AvgIpc) is 2.37. The highest BCUT2D eigenvalue weighted by atomic mass is 35.5. The summed E-state index contributed by atoms with van der Waals surface area (Å²) in [5.41, 5.74) is 0.451. The molecule has 1 aromatic rings. The van der Waals surface area contributed by atoms with E-state index in [4.69, 9.17) is 11.6 Å². The molecule has 0 spiro atoms. The summed E-state index contributed by atoms with van der Waals surface area (Å²) in [5.74, 6) is 0.201. The van der Waals surface area contributed by atoms with Crippen LogP contribution in [-0.4, -0.2) is 36.3 Å². The first kappa shape index (κ1) is 16.5. The monoisotopic (exact) mass is 296 g/mol. The fraction of sp³-hybridized carbons (Fsp3) is 0.467. The Morgan fingerprint density at radius 2 is 1.95 bits per heavy atom. The van der Waals surface area contributed by atoms with Crippen LogP contribution in [0.15, 0.2) is 24.3 Å². The van der Waals surface area contributed by atoms with Gasteiger partial charge in [-0.3, -0.25) is 9.59 Å². The van der Waals surface area contributed by atoms with Crippen LogP contribution >= 0.6 is 11.6 Å². The molecule has 0 aliphatic carbocycles. The number of hydrogen-bond acceptors (Lipinski definition) is 2. The second-order valence-corrected chi connectivity index (χ2v) is 5.50. The molecule has 1 N–H and O–H groups in total. The van der Waals surface area contributed by atoms with Crippen LogP contribution in [0.5, 0.6) is 0 Å². The molecule has 5 heteroatoms. The molecule has 0 atom stereocenters. The van der Waals surface area contributed by atoms with E-state index in [0.717, 1.165) is 0 Å². The van der Waals surface area contributed by atoms with Crippen molar-refractivity contribution in [1.29, 1.82) is 0 Å². The van der Waals surface area contributed by atoms with Gasteiger partial charge in [-0.2, -0.15) is 0 Å². The Balaban J connectivity index is 2.49. The van der Waals surface area contributed by atoms with Gasteiger partial charge in [0.2, 0.25) is 5.91 Å². The summed E-state index contributed by atoms with van der Waals surface area (Å²) in [5, 5.41) is 3.21. The lowest BCUT2D eigenvalue weighted by Crippen LogP contribution is -2.39. The average molecular weight is 297 g/mol. The van der Waals surface area contributed by atoms with E-state index in [1.165, 1.54) is 6.92 Å². The number of carbonyl (C=O) groups is 2. The fourth-order valence-electron chi connectivity index (χ4n) is 1.86. The first-order valence-corrected chi connectivity index (χ1v) is 7.08. The van der Waals surface area contributed by atoms with Gasteiger partial charge < -0.3 is 10.2 Å². The molecule has 0 saturated carbocycles. The molecule has 2 amide bonds. The zero-order chi connectivity index (χ0) is 15.1. The number of carbonyl (C=O) groups excluding carboxylic acids is 2. The van der Waals surface area contributed by atoms with E-state index in [9.17, 15) is 9.59 Å². The minimum atomic E-state index is -0.219. The molecule has 20 heavy (non-hydrogen) atoms. The topological polar surface area (TPSA) is 49.4 Å². The molecule has 4 nitrogen and oxygen atoms in total. The van der Waals surface area contributed by atoms with Crippen molar-refractivity contribution < 1.29 is 9.59 Å². The van der Waals surface area contributed by atoms with Crippen molar-refractivity contribution in [3.05, 3.63) is 34.9 Å². The molecule has 0 aromatic heterocycles. The Morgan fingerprint density at radius 1 is 1.30 bits per heavy atom. The van der Waals surface area contributed by atoms with Gasteiger partial charge in [0.1, 0.15) is 0 Å². The van der Waals surface area contributed by atoms with Crippen LogP contribution in [0.3, 0.4) is 0 Å². The first-order valence-electron chi connectivity index (χ1n) is 6.70. The summed E-state index contributed by atoms with van der Waals surface area (Å²) < 4.78 is 0. The summed E-state index contributed by atoms with van der Waals surface area (Å²) in [4.78, 5) is 25.1. The lowest BCUT2D eigenvalue weighted by Gasteiger charge is -2.23. The molecular formula is C15H21ClN2O2. The number of benzene rings is 1. The first-order chi connectivity index (χ1) is 9.41. The predicted molar refractivity (Wildman–Crippen MR) is 80.9 cm³/mol. The van der Waals surface area contributed by atoms with Gasteiger partial charge in [0, 0.05) is 26.6 Å². The quantitative estimate of drug-likeness (QED) is 0.877. The summed E-state index contributed by atoms with van der Waals surface area (Å²) >= 11 is 5.95. The van der Waals surface area contributed by atoms with Crippen LogP contribution in [0.4, 0.5) is 0 Å². The maximum Gasteiger partial charge on any atom is 0.252 e. The zero-order valence-electron chi connectivity index (χ0n) is 12.1. The number of nitrogens with one attached hydrogen (secondary N) is 1. The van der Waals surface area contributed by atoms with Crippen molar-refractivity contribution in [3.63, 3.8) is 0 Å². The van der Waals surface area contributed by atoms with Crippen molar-refractivity contribution in [2.45, 2.75) is 20.8 Å². The van der Waals surface area contributed by atoms with Crippen molar-refractivity contribution in [1.82, 2.24) is 10.2 Å². The molecule has 110 valence electrons. The molecule has 0 heterocycles. The van der Waals surface area contributed by atoms with Gasteiger partial charge in [0.25, 0.3) is 5.91 Å². The number of nitrogens with zero attached hydrogens (tertiary/aromatic N) is 1. The minimum Gasteiger partial charge on any atom is -0.350 e. The number of amides is 2. The van der Waals surface area contributed by atoms with E-state index >= 15 is 0 Å². The van der Waals surface area contributed by atoms with Crippen LogP contribution in [0.1, 0.15) is 31.1 Å². The number of halogens is 1. The Morgan fingerprint density at radius 3 is 2.50 bits per heavy atom. The SMILES string of the molecule is CC(=O)N(CCNC(=O)c1ccccc1Cl)CC(C)C. The van der Waals surface area contributed by atoms with Crippen molar-refractivity contribution in [2.75, 3.05) is 19.6 Å². The van der Waals surface area contributed by atoms with Gasteiger partial charge in [-0.05, 0) is 18.1 Å². The van der Waals surface area contributed by atoms with Gasteiger partial charge in [-0.25, -0.2) is 0 Å². The van der Waals surface area contributed by atoms with E-state index in [0.29, 0.717) is 36.1 Å². The standard InChI is InChI=1S/C15H21ClN2O2/c1-11(2)10-18(12(3)19)9-8-17-15(20)13-6-4-5-7-14(13)16/h4-7,11H,8-10H2,1-3H3,(H,17,20). The maximum atomic E-state index is 11.9. The molecule has 0 radical (unpaired) electrons. The fourth-order valence-corrected chi connectivity index (χ4v) is 2.08. The normalized spacial score (nSPS) is 10.4. The van der Waals surface area contributed by atoms with E-state index in [1.54, 1.807) is 29.2 Å². The second-order valence-electron chi connectivity index (χ2n) is 5.09. The van der Waals surface area contributed by atoms with E-state index in [1.807, 2.05) is 0 Å². The highest BCUT2D eigenvalue weighted by Crippen LogP contribution is 2.14. The Labute approximate surface area is 125 Å². The van der Waals surface area contributed by atoms with E-state index in [2.05, 4.69) is 19.2 Å². The predicted octanol–water partition coefficient (Wildman–Crippen LogP) is 2.57. The molecule has 0 saturated heterocycles. The maximum absolute atomic E-state index is 11.9. The van der Waals surface area contributed by atoms with Gasteiger partial charge in [0.15, 0.2) is 0 Å². The molecule has 0 aliphatic heterocycles. The Hall–Kier alpha value is -1.55. The highest BCUT2D eigenvalue weighted by Gasteiger charge is 2.12. The van der Waals surface area contributed by atoms with Gasteiger partial charge in [0.05, 0.1) is 10.6 Å². The molecule has 0 unspecified atom stereocenters. The van der Waals surface area contributed by atoms with Crippen LogP contribution in [0.25, 0.3) is 0 Å². The molecule has 0 aliphatic rings. The van der Waals surface area contributed by atoms with E-state index < -0.39 is 0 Å².